The standard InChI is InChI=1S/C13H12F4N2S/c1-2-18-6-9-7-19-12(20-9)10-5-8(13(15,16)17)3-4-11(10)14/h3-5,7,18H,2,6H2,1H3. The third-order valence-corrected chi connectivity index (χ3v) is 3.66. The summed E-state index contributed by atoms with van der Waals surface area (Å²) >= 11 is 1.18. The molecule has 0 unspecified atom stereocenters. The molecule has 1 heterocycles. The first kappa shape index (κ1) is 14.9. The van der Waals surface area contributed by atoms with E-state index in [-0.39, 0.29) is 10.6 Å². The van der Waals surface area contributed by atoms with E-state index in [1.807, 2.05) is 6.92 Å². The molecule has 1 aromatic carbocycles. The predicted octanol–water partition coefficient (Wildman–Crippen LogP) is 4.08. The Morgan fingerprint density at radius 3 is 2.70 bits per heavy atom. The van der Waals surface area contributed by atoms with Crippen LogP contribution in [0.3, 0.4) is 0 Å². The molecule has 0 atom stereocenters. The van der Waals surface area contributed by atoms with Gasteiger partial charge in [0.1, 0.15) is 10.8 Å². The number of aromatic nitrogens is 1. The molecule has 0 saturated heterocycles. The van der Waals surface area contributed by atoms with Gasteiger partial charge in [-0.05, 0) is 24.7 Å². The maximum Gasteiger partial charge on any atom is 0.416 e. The van der Waals surface area contributed by atoms with E-state index < -0.39 is 17.6 Å². The van der Waals surface area contributed by atoms with Gasteiger partial charge in [-0.15, -0.1) is 11.3 Å². The van der Waals surface area contributed by atoms with E-state index in [4.69, 9.17) is 0 Å². The highest BCUT2D eigenvalue weighted by atomic mass is 32.1. The van der Waals surface area contributed by atoms with Gasteiger partial charge in [0.15, 0.2) is 0 Å². The van der Waals surface area contributed by atoms with Crippen molar-refractivity contribution in [3.05, 3.63) is 40.7 Å². The Morgan fingerprint density at radius 1 is 1.30 bits per heavy atom. The lowest BCUT2D eigenvalue weighted by molar-refractivity contribution is -0.137. The smallest absolute Gasteiger partial charge is 0.312 e. The highest BCUT2D eigenvalue weighted by Gasteiger charge is 2.31. The van der Waals surface area contributed by atoms with Crippen molar-refractivity contribution in [2.75, 3.05) is 6.54 Å². The molecule has 0 amide bonds. The van der Waals surface area contributed by atoms with Crippen LogP contribution in [0.4, 0.5) is 17.6 Å². The number of alkyl halides is 3. The summed E-state index contributed by atoms with van der Waals surface area (Å²) in [5.41, 5.74) is -0.995. The van der Waals surface area contributed by atoms with Gasteiger partial charge < -0.3 is 5.32 Å². The molecular formula is C13H12F4N2S. The first-order chi connectivity index (χ1) is 9.41. The van der Waals surface area contributed by atoms with Gasteiger partial charge >= 0.3 is 6.18 Å². The molecule has 7 heteroatoms. The molecule has 0 aliphatic rings. The number of hydrogen-bond donors (Lipinski definition) is 1. The van der Waals surface area contributed by atoms with E-state index in [9.17, 15) is 17.6 Å². The minimum atomic E-state index is -4.49. The van der Waals surface area contributed by atoms with Crippen molar-refractivity contribution in [3.63, 3.8) is 0 Å². The number of rotatable bonds is 4. The fourth-order valence-corrected chi connectivity index (χ4v) is 2.53. The zero-order valence-electron chi connectivity index (χ0n) is 10.6. The van der Waals surface area contributed by atoms with E-state index in [0.29, 0.717) is 6.54 Å². The van der Waals surface area contributed by atoms with Crippen LogP contribution >= 0.6 is 11.3 Å². The van der Waals surface area contributed by atoms with Gasteiger partial charge in [0.05, 0.1) is 5.56 Å². The van der Waals surface area contributed by atoms with Gasteiger partial charge in [0, 0.05) is 23.2 Å². The van der Waals surface area contributed by atoms with Crippen molar-refractivity contribution in [1.82, 2.24) is 10.3 Å². The SMILES string of the molecule is CCNCc1cnc(-c2cc(C(F)(F)F)ccc2F)s1. The summed E-state index contributed by atoms with van der Waals surface area (Å²) in [5.74, 6) is -0.706. The quantitative estimate of drug-likeness (QED) is 0.861. The second kappa shape index (κ2) is 5.88. The minimum absolute atomic E-state index is 0.118. The van der Waals surface area contributed by atoms with Crippen LogP contribution < -0.4 is 5.32 Å². The van der Waals surface area contributed by atoms with Crippen LogP contribution in [0, 0.1) is 5.82 Å². The lowest BCUT2D eigenvalue weighted by Gasteiger charge is -2.08. The Kier molecular flexibility index (Phi) is 4.39. The fourth-order valence-electron chi connectivity index (χ4n) is 1.63. The molecule has 1 N–H and O–H groups in total. The van der Waals surface area contributed by atoms with Crippen LogP contribution in [0.15, 0.2) is 24.4 Å². The summed E-state index contributed by atoms with van der Waals surface area (Å²) in [6, 6.07) is 2.35. The normalized spacial score (nSPS) is 11.8. The summed E-state index contributed by atoms with van der Waals surface area (Å²) in [5, 5.41) is 3.33. The van der Waals surface area contributed by atoms with Crippen molar-refractivity contribution in [1.29, 1.82) is 0 Å². The Labute approximate surface area is 117 Å². The largest absolute Gasteiger partial charge is 0.416 e. The first-order valence-corrected chi connectivity index (χ1v) is 6.76. The minimum Gasteiger partial charge on any atom is -0.312 e. The molecule has 2 rings (SSSR count). The molecule has 0 spiro atoms. The Bertz CT molecular complexity index is 592. The third-order valence-electron chi connectivity index (χ3n) is 2.63. The highest BCUT2D eigenvalue weighted by Crippen LogP contribution is 2.34. The summed E-state index contributed by atoms with van der Waals surface area (Å²) < 4.78 is 51.6. The Morgan fingerprint density at radius 2 is 2.05 bits per heavy atom. The molecule has 108 valence electrons. The zero-order chi connectivity index (χ0) is 14.8. The Balaban J connectivity index is 2.34. The van der Waals surface area contributed by atoms with E-state index in [1.54, 1.807) is 6.20 Å². The average Bonchev–Trinajstić information content (AvgIpc) is 2.84. The van der Waals surface area contributed by atoms with E-state index in [2.05, 4.69) is 10.3 Å². The lowest BCUT2D eigenvalue weighted by Crippen LogP contribution is -2.10. The number of halogens is 4. The number of hydrogen-bond acceptors (Lipinski definition) is 3. The van der Waals surface area contributed by atoms with Crippen molar-refractivity contribution >= 4 is 11.3 Å². The molecule has 0 fully saturated rings. The fraction of sp³-hybridized carbons (Fsp3) is 0.308. The van der Waals surface area contributed by atoms with Crippen molar-refractivity contribution in [2.45, 2.75) is 19.6 Å². The van der Waals surface area contributed by atoms with Crippen molar-refractivity contribution in [3.8, 4) is 10.6 Å². The topological polar surface area (TPSA) is 24.9 Å². The monoisotopic (exact) mass is 304 g/mol. The van der Waals surface area contributed by atoms with Crippen molar-refractivity contribution < 1.29 is 17.6 Å². The summed E-state index contributed by atoms with van der Waals surface area (Å²) in [7, 11) is 0. The number of nitrogens with zero attached hydrogens (tertiary/aromatic N) is 1. The van der Waals surface area contributed by atoms with Gasteiger partial charge in [0.25, 0.3) is 0 Å². The average molecular weight is 304 g/mol. The van der Waals surface area contributed by atoms with Crippen LogP contribution in [0.1, 0.15) is 17.4 Å². The Hall–Kier alpha value is -1.47. The summed E-state index contributed by atoms with van der Waals surface area (Å²) in [6.45, 7) is 3.27. The number of thiazole rings is 1. The van der Waals surface area contributed by atoms with Gasteiger partial charge in [-0.1, -0.05) is 6.92 Å². The highest BCUT2D eigenvalue weighted by molar-refractivity contribution is 7.15. The molecule has 0 aliphatic heterocycles. The molecule has 0 saturated carbocycles. The van der Waals surface area contributed by atoms with E-state index >= 15 is 0 Å². The predicted molar refractivity (Wildman–Crippen MR) is 69.9 cm³/mol. The van der Waals surface area contributed by atoms with Gasteiger partial charge in [0.2, 0.25) is 0 Å². The van der Waals surface area contributed by atoms with Gasteiger partial charge in [-0.25, -0.2) is 9.37 Å². The summed E-state index contributed by atoms with van der Waals surface area (Å²) in [4.78, 5) is 4.84. The second-order valence-electron chi connectivity index (χ2n) is 4.10. The van der Waals surface area contributed by atoms with Crippen molar-refractivity contribution in [2.24, 2.45) is 0 Å². The van der Waals surface area contributed by atoms with Crippen LogP contribution in [0.5, 0.6) is 0 Å². The maximum absolute atomic E-state index is 13.7. The second-order valence-corrected chi connectivity index (χ2v) is 5.22. The first-order valence-electron chi connectivity index (χ1n) is 5.94. The molecular weight excluding hydrogens is 292 g/mol. The number of nitrogens with one attached hydrogen (secondary N) is 1. The number of benzene rings is 1. The molecule has 1 aromatic heterocycles. The lowest BCUT2D eigenvalue weighted by atomic mass is 10.1. The van der Waals surface area contributed by atoms with Gasteiger partial charge in [-0.3, -0.25) is 0 Å². The molecule has 2 aromatic rings. The van der Waals surface area contributed by atoms with E-state index in [1.165, 1.54) is 11.3 Å². The van der Waals surface area contributed by atoms with Crippen LogP contribution in [-0.4, -0.2) is 11.5 Å². The van der Waals surface area contributed by atoms with Gasteiger partial charge in [-0.2, -0.15) is 13.2 Å². The van der Waals surface area contributed by atoms with Crippen LogP contribution in [0.2, 0.25) is 0 Å². The molecule has 0 aliphatic carbocycles. The summed E-state index contributed by atoms with van der Waals surface area (Å²) in [6.07, 6.45) is -2.95. The third kappa shape index (κ3) is 3.34. The molecule has 2 nitrogen and oxygen atoms in total. The zero-order valence-corrected chi connectivity index (χ0v) is 11.4. The van der Waals surface area contributed by atoms with Crippen LogP contribution in [-0.2, 0) is 12.7 Å². The van der Waals surface area contributed by atoms with E-state index in [0.717, 1.165) is 29.6 Å². The maximum atomic E-state index is 13.7. The molecule has 20 heavy (non-hydrogen) atoms. The van der Waals surface area contributed by atoms with Crippen LogP contribution in [0.25, 0.3) is 10.6 Å². The molecule has 0 bridgehead atoms. The molecule has 0 radical (unpaired) electrons.